The summed E-state index contributed by atoms with van der Waals surface area (Å²) in [6, 6.07) is 0.566. The van der Waals surface area contributed by atoms with E-state index >= 15 is 0 Å². The fraction of sp³-hybridized carbons (Fsp3) is 0.750. The molecule has 0 aromatic carbocycles. The summed E-state index contributed by atoms with van der Waals surface area (Å²) in [7, 11) is 0. The van der Waals surface area contributed by atoms with E-state index in [1.54, 1.807) is 0 Å². The van der Waals surface area contributed by atoms with Gasteiger partial charge < -0.3 is 5.73 Å². The van der Waals surface area contributed by atoms with Gasteiger partial charge in [0.1, 0.15) is 0 Å². The molecule has 0 spiro atoms. The van der Waals surface area contributed by atoms with Gasteiger partial charge in [-0.3, -0.25) is 9.69 Å². The van der Waals surface area contributed by atoms with Crippen LogP contribution in [0, 0.1) is 5.92 Å². The molecule has 0 saturated carbocycles. The van der Waals surface area contributed by atoms with Gasteiger partial charge in [0.2, 0.25) is 5.91 Å². The quantitative estimate of drug-likeness (QED) is 0.718. The van der Waals surface area contributed by atoms with E-state index in [0.717, 1.165) is 25.9 Å². The molecular formula is C12H22N2O. The molecule has 3 nitrogen and oxygen atoms in total. The van der Waals surface area contributed by atoms with E-state index in [-0.39, 0.29) is 11.8 Å². The number of carbonyl (C=O) groups excluding carboxylic acids is 1. The van der Waals surface area contributed by atoms with E-state index in [1.165, 1.54) is 5.57 Å². The first kappa shape index (κ1) is 12.2. The van der Waals surface area contributed by atoms with Gasteiger partial charge in [0.05, 0.1) is 5.92 Å². The molecular weight excluding hydrogens is 188 g/mol. The third kappa shape index (κ3) is 3.67. The molecule has 0 radical (unpaired) electrons. The Labute approximate surface area is 92.3 Å². The molecule has 0 aromatic rings. The predicted octanol–water partition coefficient (Wildman–Crippen LogP) is 1.54. The van der Waals surface area contributed by atoms with Crippen molar-refractivity contribution in [1.29, 1.82) is 0 Å². The number of nitrogens with zero attached hydrogens (tertiary/aromatic N) is 1. The van der Waals surface area contributed by atoms with Crippen LogP contribution in [0.25, 0.3) is 0 Å². The van der Waals surface area contributed by atoms with Gasteiger partial charge in [0.25, 0.3) is 0 Å². The largest absolute Gasteiger partial charge is 0.369 e. The van der Waals surface area contributed by atoms with Crippen molar-refractivity contribution in [2.24, 2.45) is 11.7 Å². The Morgan fingerprint density at radius 3 is 2.67 bits per heavy atom. The molecule has 2 atom stereocenters. The zero-order valence-corrected chi connectivity index (χ0v) is 9.99. The van der Waals surface area contributed by atoms with E-state index in [4.69, 9.17) is 5.73 Å². The molecule has 0 aromatic heterocycles. The topological polar surface area (TPSA) is 46.3 Å². The fourth-order valence-electron chi connectivity index (χ4n) is 1.97. The van der Waals surface area contributed by atoms with Crippen LogP contribution in [-0.2, 0) is 4.79 Å². The Kier molecular flexibility index (Phi) is 4.33. The molecule has 3 heteroatoms. The van der Waals surface area contributed by atoms with Crippen LogP contribution in [-0.4, -0.2) is 29.9 Å². The SMILES string of the molecule is CC(C)=CCN1C[C@H](C(N)=O)CC[C@H]1C. The van der Waals surface area contributed by atoms with Crippen LogP contribution in [0.5, 0.6) is 0 Å². The van der Waals surface area contributed by atoms with Crippen molar-refractivity contribution in [3.8, 4) is 0 Å². The van der Waals surface area contributed by atoms with Crippen LogP contribution in [0.1, 0.15) is 33.6 Å². The maximum absolute atomic E-state index is 11.1. The molecule has 1 saturated heterocycles. The molecule has 0 aliphatic carbocycles. The first-order valence-corrected chi connectivity index (χ1v) is 5.67. The van der Waals surface area contributed by atoms with Gasteiger partial charge in [-0.05, 0) is 33.6 Å². The van der Waals surface area contributed by atoms with Crippen molar-refractivity contribution >= 4 is 5.91 Å². The second kappa shape index (κ2) is 5.31. The van der Waals surface area contributed by atoms with Gasteiger partial charge in [0.15, 0.2) is 0 Å². The highest BCUT2D eigenvalue weighted by atomic mass is 16.1. The van der Waals surface area contributed by atoms with Crippen LogP contribution in [0.2, 0.25) is 0 Å². The van der Waals surface area contributed by atoms with Crippen molar-refractivity contribution in [3.05, 3.63) is 11.6 Å². The lowest BCUT2D eigenvalue weighted by atomic mass is 9.93. The summed E-state index contributed by atoms with van der Waals surface area (Å²) in [5.41, 5.74) is 6.67. The number of rotatable bonds is 3. The van der Waals surface area contributed by atoms with Crippen LogP contribution in [0.3, 0.4) is 0 Å². The number of amides is 1. The number of hydrogen-bond acceptors (Lipinski definition) is 2. The summed E-state index contributed by atoms with van der Waals surface area (Å²) < 4.78 is 0. The van der Waals surface area contributed by atoms with Crippen LogP contribution in [0.15, 0.2) is 11.6 Å². The minimum absolute atomic E-state index is 0.0479. The highest BCUT2D eigenvalue weighted by Crippen LogP contribution is 2.21. The smallest absolute Gasteiger partial charge is 0.221 e. The van der Waals surface area contributed by atoms with E-state index in [1.807, 2.05) is 0 Å². The lowest BCUT2D eigenvalue weighted by molar-refractivity contribution is -0.123. The zero-order valence-electron chi connectivity index (χ0n) is 9.99. The van der Waals surface area contributed by atoms with Gasteiger partial charge in [-0.2, -0.15) is 0 Å². The van der Waals surface area contributed by atoms with Crippen LogP contribution >= 0.6 is 0 Å². The Hall–Kier alpha value is -0.830. The average Bonchev–Trinajstić information content (AvgIpc) is 2.16. The summed E-state index contributed by atoms with van der Waals surface area (Å²) >= 11 is 0. The first-order valence-electron chi connectivity index (χ1n) is 5.67. The van der Waals surface area contributed by atoms with Gasteiger partial charge in [-0.25, -0.2) is 0 Å². The second-order valence-corrected chi connectivity index (χ2v) is 4.76. The second-order valence-electron chi connectivity index (χ2n) is 4.76. The van der Waals surface area contributed by atoms with E-state index in [2.05, 4.69) is 31.7 Å². The fourth-order valence-corrected chi connectivity index (χ4v) is 1.97. The van der Waals surface area contributed by atoms with Crippen LogP contribution in [0.4, 0.5) is 0 Å². The Morgan fingerprint density at radius 1 is 1.47 bits per heavy atom. The van der Waals surface area contributed by atoms with Crippen molar-refractivity contribution in [2.75, 3.05) is 13.1 Å². The average molecular weight is 210 g/mol. The molecule has 1 aliphatic rings. The summed E-state index contributed by atoms with van der Waals surface area (Å²) in [6.07, 6.45) is 4.23. The lowest BCUT2D eigenvalue weighted by Crippen LogP contribution is -2.45. The third-order valence-electron chi connectivity index (χ3n) is 3.15. The molecule has 2 N–H and O–H groups in total. The maximum Gasteiger partial charge on any atom is 0.221 e. The van der Waals surface area contributed by atoms with Gasteiger partial charge in [-0.15, -0.1) is 0 Å². The number of hydrogen-bond donors (Lipinski definition) is 1. The number of piperidine rings is 1. The lowest BCUT2D eigenvalue weighted by Gasteiger charge is -2.36. The standard InChI is InChI=1S/C12H22N2O/c1-9(2)6-7-14-8-11(12(13)15)5-4-10(14)3/h6,10-11H,4-5,7-8H2,1-3H3,(H2,13,15)/t10-,11-/m1/s1. The third-order valence-corrected chi connectivity index (χ3v) is 3.15. The van der Waals surface area contributed by atoms with Crippen molar-refractivity contribution < 1.29 is 4.79 Å². The molecule has 1 rings (SSSR count). The van der Waals surface area contributed by atoms with Crippen molar-refractivity contribution in [2.45, 2.75) is 39.7 Å². The Bertz CT molecular complexity index is 256. The maximum atomic E-state index is 11.1. The van der Waals surface area contributed by atoms with Crippen molar-refractivity contribution in [3.63, 3.8) is 0 Å². The molecule has 1 heterocycles. The molecule has 15 heavy (non-hydrogen) atoms. The summed E-state index contributed by atoms with van der Waals surface area (Å²) in [6.45, 7) is 8.17. The number of likely N-dealkylation sites (tertiary alicyclic amines) is 1. The van der Waals surface area contributed by atoms with Crippen molar-refractivity contribution in [1.82, 2.24) is 4.90 Å². The van der Waals surface area contributed by atoms with Gasteiger partial charge in [-0.1, -0.05) is 11.6 Å². The molecule has 0 unspecified atom stereocenters. The van der Waals surface area contributed by atoms with Crippen LogP contribution < -0.4 is 5.73 Å². The molecule has 1 amide bonds. The normalized spacial score (nSPS) is 27.4. The molecule has 1 aliphatic heterocycles. The summed E-state index contributed by atoms with van der Waals surface area (Å²) in [5.74, 6) is -0.101. The number of allylic oxidation sites excluding steroid dienone is 1. The Balaban J connectivity index is 2.53. The first-order chi connectivity index (χ1) is 7.00. The summed E-state index contributed by atoms with van der Waals surface area (Å²) in [4.78, 5) is 13.5. The van der Waals surface area contributed by atoms with Gasteiger partial charge in [0, 0.05) is 19.1 Å². The monoisotopic (exact) mass is 210 g/mol. The number of primary amides is 1. The molecule has 1 fully saturated rings. The highest BCUT2D eigenvalue weighted by molar-refractivity contribution is 5.76. The highest BCUT2D eigenvalue weighted by Gasteiger charge is 2.27. The number of carbonyl (C=O) groups is 1. The van der Waals surface area contributed by atoms with E-state index in [9.17, 15) is 4.79 Å². The van der Waals surface area contributed by atoms with E-state index in [0.29, 0.717) is 6.04 Å². The zero-order chi connectivity index (χ0) is 11.4. The van der Waals surface area contributed by atoms with Gasteiger partial charge >= 0.3 is 0 Å². The summed E-state index contributed by atoms with van der Waals surface area (Å²) in [5, 5.41) is 0. The molecule has 0 bridgehead atoms. The minimum atomic E-state index is -0.149. The minimum Gasteiger partial charge on any atom is -0.369 e. The Morgan fingerprint density at radius 2 is 2.13 bits per heavy atom. The number of nitrogens with two attached hydrogens (primary N) is 1. The molecule has 86 valence electrons. The predicted molar refractivity (Wildman–Crippen MR) is 62.4 cm³/mol. The van der Waals surface area contributed by atoms with E-state index < -0.39 is 0 Å².